The van der Waals surface area contributed by atoms with Crippen LogP contribution in [-0.4, -0.2) is 27.2 Å². The molecule has 0 atom stereocenters. The normalized spacial score (nSPS) is 17.2. The fraction of sp³-hybridized carbons (Fsp3) is 0.450. The van der Waals surface area contributed by atoms with E-state index in [1.807, 2.05) is 6.92 Å². The number of aromatic nitrogens is 3. The van der Waals surface area contributed by atoms with E-state index in [0.717, 1.165) is 34.0 Å². The fourth-order valence-electron chi connectivity index (χ4n) is 3.71. The second kappa shape index (κ2) is 5.28. The molecule has 0 spiro atoms. The topological polar surface area (TPSA) is 55.1 Å². The van der Waals surface area contributed by atoms with Gasteiger partial charge in [-0.25, -0.2) is 9.97 Å². The minimum atomic E-state index is 0.611. The van der Waals surface area contributed by atoms with Gasteiger partial charge in [-0.3, -0.25) is 0 Å². The van der Waals surface area contributed by atoms with Gasteiger partial charge in [0.1, 0.15) is 17.0 Å². The lowest BCUT2D eigenvalue weighted by atomic mass is 10.0. The van der Waals surface area contributed by atoms with Crippen LogP contribution in [-0.2, 0) is 0 Å². The lowest BCUT2D eigenvalue weighted by Gasteiger charge is -2.23. The second-order valence-electron chi connectivity index (χ2n) is 7.49. The third-order valence-corrected chi connectivity index (χ3v) is 5.17. The smallest absolute Gasteiger partial charge is 0.228 e. The highest BCUT2D eigenvalue weighted by molar-refractivity contribution is 5.95. The lowest BCUT2D eigenvalue weighted by Crippen LogP contribution is -2.29. The van der Waals surface area contributed by atoms with Crippen LogP contribution in [0.2, 0.25) is 0 Å². The van der Waals surface area contributed by atoms with Gasteiger partial charge in [0.2, 0.25) is 5.58 Å². The van der Waals surface area contributed by atoms with Crippen molar-refractivity contribution in [2.45, 2.75) is 58.5 Å². The molecule has 5 rings (SSSR count). The molecule has 0 unspecified atom stereocenters. The van der Waals surface area contributed by atoms with E-state index >= 15 is 0 Å². The summed E-state index contributed by atoms with van der Waals surface area (Å²) in [6, 6.07) is 7.61. The van der Waals surface area contributed by atoms with Crippen LogP contribution in [0.1, 0.15) is 42.6 Å². The molecule has 128 valence electrons. The predicted molar refractivity (Wildman–Crippen MR) is 97.8 cm³/mol. The van der Waals surface area contributed by atoms with E-state index in [2.05, 4.69) is 47.1 Å². The molecule has 0 aliphatic heterocycles. The first-order chi connectivity index (χ1) is 12.1. The van der Waals surface area contributed by atoms with Crippen LogP contribution in [0.5, 0.6) is 0 Å². The van der Waals surface area contributed by atoms with Crippen molar-refractivity contribution in [2.24, 2.45) is 0 Å². The summed E-state index contributed by atoms with van der Waals surface area (Å²) in [7, 11) is 0. The summed E-state index contributed by atoms with van der Waals surface area (Å²) < 4.78 is 5.80. The Hall–Kier alpha value is -2.43. The minimum absolute atomic E-state index is 0.611. The average molecular weight is 334 g/mol. The molecule has 2 heterocycles. The fourth-order valence-corrected chi connectivity index (χ4v) is 3.71. The highest BCUT2D eigenvalue weighted by Crippen LogP contribution is 2.43. The number of hydrogen-bond donors (Lipinski definition) is 0. The molecule has 0 radical (unpaired) electrons. The van der Waals surface area contributed by atoms with Crippen LogP contribution in [0.25, 0.3) is 22.4 Å². The Kier molecular flexibility index (Phi) is 3.14. The first-order valence-electron chi connectivity index (χ1n) is 9.12. The van der Waals surface area contributed by atoms with Crippen LogP contribution in [0.15, 0.2) is 22.7 Å². The molecule has 5 heteroatoms. The molecule has 1 aromatic carbocycles. The Bertz CT molecular complexity index is 957. The van der Waals surface area contributed by atoms with Gasteiger partial charge in [-0.05, 0) is 52.0 Å². The highest BCUT2D eigenvalue weighted by Gasteiger charge is 2.41. The number of anilines is 1. The lowest BCUT2D eigenvalue weighted by molar-refractivity contribution is 0.457. The maximum absolute atomic E-state index is 5.80. The molecule has 5 nitrogen and oxygen atoms in total. The van der Waals surface area contributed by atoms with E-state index in [-0.39, 0.29) is 0 Å². The van der Waals surface area contributed by atoms with E-state index in [0.29, 0.717) is 12.1 Å². The largest absolute Gasteiger partial charge is 0.350 e. The standard InChI is InChI=1S/C20H22N4O/c1-11-4-9-16(12(2)10-11)17-18-19(25-23-17)20(22-13(3)21-18)24(14-5-6-14)15-7-8-15/h4,9-10,14-15H,5-8H2,1-3H3. The van der Waals surface area contributed by atoms with E-state index in [9.17, 15) is 0 Å². The van der Waals surface area contributed by atoms with Crippen molar-refractivity contribution in [1.29, 1.82) is 0 Å². The maximum Gasteiger partial charge on any atom is 0.228 e. The van der Waals surface area contributed by atoms with Crippen LogP contribution < -0.4 is 4.90 Å². The third kappa shape index (κ3) is 2.49. The van der Waals surface area contributed by atoms with Crippen molar-refractivity contribution in [2.75, 3.05) is 4.90 Å². The number of nitrogens with zero attached hydrogens (tertiary/aromatic N) is 4. The van der Waals surface area contributed by atoms with Crippen molar-refractivity contribution < 1.29 is 4.52 Å². The Labute approximate surface area is 147 Å². The van der Waals surface area contributed by atoms with Gasteiger partial charge in [0.15, 0.2) is 5.82 Å². The second-order valence-corrected chi connectivity index (χ2v) is 7.49. The van der Waals surface area contributed by atoms with E-state index < -0.39 is 0 Å². The van der Waals surface area contributed by atoms with E-state index in [4.69, 9.17) is 9.51 Å². The SMILES string of the molecule is Cc1ccc(-c2noc3c(N(C4CC4)C4CC4)nc(C)nc23)c(C)c1. The zero-order valence-electron chi connectivity index (χ0n) is 14.9. The molecule has 0 N–H and O–H groups in total. The molecule has 2 saturated carbocycles. The van der Waals surface area contributed by atoms with Crippen molar-refractivity contribution >= 4 is 16.9 Å². The molecule has 3 aromatic rings. The van der Waals surface area contributed by atoms with Gasteiger partial charge in [0.05, 0.1) is 0 Å². The van der Waals surface area contributed by atoms with Gasteiger partial charge in [-0.2, -0.15) is 0 Å². The monoisotopic (exact) mass is 334 g/mol. The summed E-state index contributed by atoms with van der Waals surface area (Å²) in [5.74, 6) is 1.72. The highest BCUT2D eigenvalue weighted by atomic mass is 16.5. The molecule has 0 amide bonds. The molecule has 2 aliphatic carbocycles. The van der Waals surface area contributed by atoms with Crippen molar-refractivity contribution in [1.82, 2.24) is 15.1 Å². The summed E-state index contributed by atoms with van der Waals surface area (Å²) in [6.45, 7) is 6.17. The third-order valence-electron chi connectivity index (χ3n) is 5.17. The van der Waals surface area contributed by atoms with Crippen LogP contribution in [0, 0.1) is 20.8 Å². The van der Waals surface area contributed by atoms with Gasteiger partial charge in [-0.15, -0.1) is 0 Å². The van der Waals surface area contributed by atoms with Crippen molar-refractivity contribution in [3.8, 4) is 11.3 Å². The molecule has 2 aliphatic rings. The summed E-state index contributed by atoms with van der Waals surface area (Å²) in [4.78, 5) is 11.9. The van der Waals surface area contributed by atoms with Crippen molar-refractivity contribution in [3.05, 3.63) is 35.2 Å². The molecule has 2 aromatic heterocycles. The number of aryl methyl sites for hydroxylation is 3. The van der Waals surface area contributed by atoms with Crippen molar-refractivity contribution in [3.63, 3.8) is 0 Å². The number of hydrogen-bond acceptors (Lipinski definition) is 5. The maximum atomic E-state index is 5.80. The number of benzene rings is 1. The van der Waals surface area contributed by atoms with Crippen LogP contribution in [0.3, 0.4) is 0 Å². The first-order valence-corrected chi connectivity index (χ1v) is 9.12. The molecule has 25 heavy (non-hydrogen) atoms. The Morgan fingerprint density at radius 1 is 1.00 bits per heavy atom. The zero-order valence-corrected chi connectivity index (χ0v) is 14.9. The zero-order chi connectivity index (χ0) is 17.1. The molecular weight excluding hydrogens is 312 g/mol. The summed E-state index contributed by atoms with van der Waals surface area (Å²) in [6.07, 6.45) is 5.00. The summed E-state index contributed by atoms with van der Waals surface area (Å²) in [5, 5.41) is 4.40. The average Bonchev–Trinajstić information content (AvgIpc) is 3.48. The van der Waals surface area contributed by atoms with Crippen LogP contribution in [0.4, 0.5) is 5.82 Å². The molecule has 0 bridgehead atoms. The first kappa shape index (κ1) is 14.9. The summed E-state index contributed by atoms with van der Waals surface area (Å²) in [5.41, 5.74) is 5.91. The molecule has 2 fully saturated rings. The number of fused-ring (bicyclic) bond motifs is 1. The Morgan fingerprint density at radius 2 is 1.72 bits per heavy atom. The van der Waals surface area contributed by atoms with Crippen LogP contribution >= 0.6 is 0 Å². The molecular formula is C20H22N4O. The minimum Gasteiger partial charge on any atom is -0.350 e. The van der Waals surface area contributed by atoms with Gasteiger partial charge < -0.3 is 9.42 Å². The number of rotatable bonds is 4. The van der Waals surface area contributed by atoms with E-state index in [1.54, 1.807) is 0 Å². The van der Waals surface area contributed by atoms with Gasteiger partial charge >= 0.3 is 0 Å². The Morgan fingerprint density at radius 3 is 2.36 bits per heavy atom. The molecule has 0 saturated heterocycles. The van der Waals surface area contributed by atoms with E-state index in [1.165, 1.54) is 36.8 Å². The summed E-state index contributed by atoms with van der Waals surface area (Å²) >= 11 is 0. The van der Waals surface area contributed by atoms with Gasteiger partial charge in [0, 0.05) is 17.6 Å². The Balaban J connectivity index is 1.70. The predicted octanol–water partition coefficient (Wildman–Crippen LogP) is 4.34. The quantitative estimate of drug-likeness (QED) is 0.710. The van der Waals surface area contributed by atoms with Gasteiger partial charge in [0.25, 0.3) is 0 Å². The van der Waals surface area contributed by atoms with Gasteiger partial charge in [-0.1, -0.05) is 28.9 Å².